The molecular weight excluding hydrogens is 346 g/mol. The third kappa shape index (κ3) is 2.97. The highest BCUT2D eigenvalue weighted by Gasteiger charge is 2.34. The molecule has 4 rings (SSSR count). The Morgan fingerprint density at radius 3 is 2.41 bits per heavy atom. The van der Waals surface area contributed by atoms with Gasteiger partial charge < -0.3 is 4.74 Å². The predicted octanol–water partition coefficient (Wildman–Crippen LogP) is 2.51. The third-order valence-corrected chi connectivity index (χ3v) is 4.49. The number of carbonyl (C=O) groups excluding carboxylic acids is 3. The minimum absolute atomic E-state index is 0.227. The van der Waals surface area contributed by atoms with E-state index in [1.165, 1.54) is 4.90 Å². The van der Waals surface area contributed by atoms with E-state index in [0.29, 0.717) is 29.8 Å². The van der Waals surface area contributed by atoms with Crippen LogP contribution >= 0.6 is 0 Å². The van der Waals surface area contributed by atoms with Crippen LogP contribution in [0.1, 0.15) is 38.0 Å². The van der Waals surface area contributed by atoms with E-state index in [2.05, 4.69) is 5.10 Å². The van der Waals surface area contributed by atoms with Crippen LogP contribution in [0.25, 0.3) is 10.9 Å². The van der Waals surface area contributed by atoms with Gasteiger partial charge in [0.1, 0.15) is 0 Å². The van der Waals surface area contributed by atoms with Crippen molar-refractivity contribution < 1.29 is 19.1 Å². The van der Waals surface area contributed by atoms with E-state index < -0.39 is 0 Å². The molecule has 136 valence electrons. The molecule has 0 radical (unpaired) electrons. The number of benzene rings is 2. The number of imide groups is 1. The number of hydrogen-bond donors (Lipinski definition) is 0. The minimum atomic E-state index is -0.377. The van der Waals surface area contributed by atoms with E-state index in [9.17, 15) is 14.4 Å². The maximum Gasteiger partial charge on any atom is 0.338 e. The number of carbonyl (C=O) groups is 3. The van der Waals surface area contributed by atoms with E-state index in [-0.39, 0.29) is 24.3 Å². The van der Waals surface area contributed by atoms with Gasteiger partial charge in [0.2, 0.25) is 0 Å². The molecule has 2 heterocycles. The Kier molecular flexibility index (Phi) is 4.19. The fourth-order valence-corrected chi connectivity index (χ4v) is 3.18. The summed E-state index contributed by atoms with van der Waals surface area (Å²) in [4.78, 5) is 37.9. The normalized spacial score (nSPS) is 13.3. The maximum atomic E-state index is 12.4. The minimum Gasteiger partial charge on any atom is -0.462 e. The number of ether oxygens (including phenoxy) is 1. The zero-order chi connectivity index (χ0) is 19.0. The second-order valence-electron chi connectivity index (χ2n) is 6.19. The van der Waals surface area contributed by atoms with Crippen LogP contribution in [-0.2, 0) is 11.3 Å². The first-order chi connectivity index (χ1) is 13.1. The molecule has 0 unspecified atom stereocenters. The van der Waals surface area contributed by atoms with E-state index in [1.807, 2.05) is 0 Å². The summed E-state index contributed by atoms with van der Waals surface area (Å²) in [6, 6.07) is 12.0. The summed E-state index contributed by atoms with van der Waals surface area (Å²) in [6.45, 7) is 2.67. The highest BCUT2D eigenvalue weighted by Crippen LogP contribution is 2.22. The van der Waals surface area contributed by atoms with Crippen LogP contribution in [0.5, 0.6) is 0 Å². The van der Waals surface area contributed by atoms with E-state index >= 15 is 0 Å². The van der Waals surface area contributed by atoms with Crippen molar-refractivity contribution in [2.75, 3.05) is 13.2 Å². The lowest BCUT2D eigenvalue weighted by Gasteiger charge is -2.13. The van der Waals surface area contributed by atoms with Crippen molar-refractivity contribution in [3.63, 3.8) is 0 Å². The molecule has 2 aromatic carbocycles. The highest BCUT2D eigenvalue weighted by atomic mass is 16.5. The molecule has 27 heavy (non-hydrogen) atoms. The smallest absolute Gasteiger partial charge is 0.338 e. The lowest BCUT2D eigenvalue weighted by atomic mass is 10.1. The Morgan fingerprint density at radius 1 is 1.04 bits per heavy atom. The first kappa shape index (κ1) is 17.0. The quantitative estimate of drug-likeness (QED) is 0.514. The lowest BCUT2D eigenvalue weighted by molar-refractivity contribution is 0.0525. The molecule has 0 aliphatic carbocycles. The molecule has 0 spiro atoms. The Morgan fingerprint density at radius 2 is 1.74 bits per heavy atom. The Hall–Kier alpha value is -3.48. The fraction of sp³-hybridized carbons (Fsp3) is 0.200. The Labute approximate surface area is 155 Å². The van der Waals surface area contributed by atoms with Gasteiger partial charge in [-0.3, -0.25) is 19.2 Å². The van der Waals surface area contributed by atoms with Crippen molar-refractivity contribution in [1.29, 1.82) is 0 Å². The van der Waals surface area contributed by atoms with Crippen molar-refractivity contribution in [2.24, 2.45) is 0 Å². The molecule has 0 N–H and O–H groups in total. The maximum absolute atomic E-state index is 12.4. The lowest BCUT2D eigenvalue weighted by Crippen LogP contribution is -2.33. The zero-order valence-electron chi connectivity index (χ0n) is 14.7. The molecule has 3 aromatic rings. The van der Waals surface area contributed by atoms with E-state index in [4.69, 9.17) is 4.74 Å². The molecule has 7 nitrogen and oxygen atoms in total. The molecule has 1 aromatic heterocycles. The summed E-state index contributed by atoms with van der Waals surface area (Å²) in [5, 5.41) is 5.23. The number of nitrogens with zero attached hydrogens (tertiary/aromatic N) is 3. The second kappa shape index (κ2) is 6.68. The average Bonchev–Trinajstić information content (AvgIpc) is 3.19. The van der Waals surface area contributed by atoms with Crippen molar-refractivity contribution in [3.05, 3.63) is 65.4 Å². The van der Waals surface area contributed by atoms with Crippen LogP contribution in [-0.4, -0.2) is 45.6 Å². The topological polar surface area (TPSA) is 81.5 Å². The summed E-state index contributed by atoms with van der Waals surface area (Å²) < 4.78 is 6.67. The Balaban J connectivity index is 1.51. The third-order valence-electron chi connectivity index (χ3n) is 4.49. The van der Waals surface area contributed by atoms with Crippen LogP contribution < -0.4 is 0 Å². The predicted molar refractivity (Wildman–Crippen MR) is 97.5 cm³/mol. The van der Waals surface area contributed by atoms with Gasteiger partial charge in [0, 0.05) is 18.1 Å². The second-order valence-corrected chi connectivity index (χ2v) is 6.19. The molecule has 7 heteroatoms. The van der Waals surface area contributed by atoms with Crippen molar-refractivity contribution in [2.45, 2.75) is 13.5 Å². The van der Waals surface area contributed by atoms with E-state index in [0.717, 1.165) is 10.9 Å². The summed E-state index contributed by atoms with van der Waals surface area (Å²) >= 11 is 0. The molecule has 0 atom stereocenters. The van der Waals surface area contributed by atoms with Crippen LogP contribution in [0.2, 0.25) is 0 Å². The van der Waals surface area contributed by atoms with Gasteiger partial charge in [0.15, 0.2) is 0 Å². The van der Waals surface area contributed by atoms with Crippen molar-refractivity contribution in [3.8, 4) is 0 Å². The summed E-state index contributed by atoms with van der Waals surface area (Å²) in [5.41, 5.74) is 2.06. The van der Waals surface area contributed by atoms with Crippen LogP contribution in [0.4, 0.5) is 0 Å². The van der Waals surface area contributed by atoms with Crippen LogP contribution in [0.3, 0.4) is 0 Å². The standard InChI is InChI=1S/C20H17N3O4/c1-2-27-20(26)13-7-8-17-14(11-13)12-22(21-17)9-10-23-18(24)15-5-3-4-6-16(15)19(23)25/h3-8,11-12H,2,9-10H2,1H3. The average molecular weight is 363 g/mol. The molecule has 1 aliphatic heterocycles. The molecule has 0 bridgehead atoms. The first-order valence-electron chi connectivity index (χ1n) is 8.68. The van der Waals surface area contributed by atoms with Crippen molar-refractivity contribution >= 4 is 28.7 Å². The highest BCUT2D eigenvalue weighted by molar-refractivity contribution is 6.21. The number of esters is 1. The van der Waals surface area contributed by atoms with Gasteiger partial charge >= 0.3 is 5.97 Å². The zero-order valence-corrected chi connectivity index (χ0v) is 14.7. The number of fused-ring (bicyclic) bond motifs is 2. The SMILES string of the molecule is CCOC(=O)c1ccc2nn(CCN3C(=O)c4ccccc4C3=O)cc2c1. The molecule has 1 aliphatic rings. The van der Waals surface area contributed by atoms with Gasteiger partial charge in [-0.05, 0) is 37.3 Å². The fourth-order valence-electron chi connectivity index (χ4n) is 3.18. The van der Waals surface area contributed by atoms with Gasteiger partial charge in [-0.2, -0.15) is 5.10 Å². The molecular formula is C20H17N3O4. The summed E-state index contributed by atoms with van der Waals surface area (Å²) in [7, 11) is 0. The van der Waals surface area contributed by atoms with Gasteiger partial charge in [0.25, 0.3) is 11.8 Å². The van der Waals surface area contributed by atoms with Gasteiger partial charge in [-0.15, -0.1) is 0 Å². The number of amides is 2. The summed E-state index contributed by atoms with van der Waals surface area (Å²) in [5.74, 6) is -0.938. The molecule has 0 saturated carbocycles. The van der Waals surface area contributed by atoms with Crippen molar-refractivity contribution in [1.82, 2.24) is 14.7 Å². The molecule has 0 saturated heterocycles. The number of hydrogen-bond acceptors (Lipinski definition) is 5. The number of rotatable bonds is 5. The van der Waals surface area contributed by atoms with Gasteiger partial charge in [0.05, 0.1) is 35.4 Å². The number of aromatic nitrogens is 2. The summed E-state index contributed by atoms with van der Waals surface area (Å²) in [6.07, 6.45) is 1.79. The van der Waals surface area contributed by atoms with Crippen LogP contribution in [0, 0.1) is 0 Å². The molecule has 0 fully saturated rings. The van der Waals surface area contributed by atoms with Gasteiger partial charge in [-0.1, -0.05) is 12.1 Å². The molecule has 2 amide bonds. The van der Waals surface area contributed by atoms with Gasteiger partial charge in [-0.25, -0.2) is 4.79 Å². The Bertz CT molecular complexity index is 1040. The van der Waals surface area contributed by atoms with E-state index in [1.54, 1.807) is 60.3 Å². The largest absolute Gasteiger partial charge is 0.462 e. The first-order valence-corrected chi connectivity index (χ1v) is 8.68. The monoisotopic (exact) mass is 363 g/mol. The van der Waals surface area contributed by atoms with Crippen LogP contribution in [0.15, 0.2) is 48.7 Å².